The number of aromatic nitrogens is 2. The Labute approximate surface area is 139 Å². The van der Waals surface area contributed by atoms with Crippen LogP contribution < -0.4 is 5.32 Å². The van der Waals surface area contributed by atoms with E-state index >= 15 is 0 Å². The fraction of sp³-hybridized carbons (Fsp3) is 0.0526. The Hall–Kier alpha value is -3.21. The van der Waals surface area contributed by atoms with Crippen molar-refractivity contribution in [1.82, 2.24) is 9.97 Å². The van der Waals surface area contributed by atoms with Crippen LogP contribution in [0, 0.1) is 5.82 Å². The standard InChI is InChI=1S/C19H16FN3O/c20-16-6-8-17(9-7-16)23-19(24)10-5-14-1-3-15(4-2-14)11-18-12-21-13-22-18/h1-10,12-13H,11H2,(H,21,22)(H,23,24)/b10-5+. The maximum absolute atomic E-state index is 12.8. The quantitative estimate of drug-likeness (QED) is 0.702. The van der Waals surface area contributed by atoms with Gasteiger partial charge in [-0.2, -0.15) is 0 Å². The summed E-state index contributed by atoms with van der Waals surface area (Å²) in [6, 6.07) is 13.6. The molecule has 2 aromatic carbocycles. The van der Waals surface area contributed by atoms with Crippen molar-refractivity contribution < 1.29 is 9.18 Å². The molecule has 0 fully saturated rings. The zero-order valence-electron chi connectivity index (χ0n) is 12.9. The minimum Gasteiger partial charge on any atom is -0.348 e. The number of nitrogens with zero attached hydrogens (tertiary/aromatic N) is 1. The van der Waals surface area contributed by atoms with Crippen LogP contribution >= 0.6 is 0 Å². The third kappa shape index (κ3) is 4.39. The number of benzene rings is 2. The van der Waals surface area contributed by atoms with Gasteiger partial charge in [-0.3, -0.25) is 4.79 Å². The van der Waals surface area contributed by atoms with Crippen LogP contribution in [0.4, 0.5) is 10.1 Å². The van der Waals surface area contributed by atoms with Gasteiger partial charge in [0.2, 0.25) is 5.91 Å². The van der Waals surface area contributed by atoms with E-state index in [1.165, 1.54) is 30.3 Å². The molecule has 0 spiro atoms. The van der Waals surface area contributed by atoms with Gasteiger partial charge in [-0.1, -0.05) is 24.3 Å². The van der Waals surface area contributed by atoms with Crippen molar-refractivity contribution in [2.45, 2.75) is 6.42 Å². The first-order valence-corrected chi connectivity index (χ1v) is 7.50. The maximum atomic E-state index is 12.8. The highest BCUT2D eigenvalue weighted by atomic mass is 19.1. The van der Waals surface area contributed by atoms with Gasteiger partial charge in [0.05, 0.1) is 6.33 Å². The number of hydrogen-bond acceptors (Lipinski definition) is 2. The summed E-state index contributed by atoms with van der Waals surface area (Å²) in [6.07, 6.45) is 7.43. The van der Waals surface area contributed by atoms with Crippen molar-refractivity contribution in [3.8, 4) is 0 Å². The molecule has 2 N–H and O–H groups in total. The minimum absolute atomic E-state index is 0.261. The Morgan fingerprint density at radius 3 is 2.54 bits per heavy atom. The van der Waals surface area contributed by atoms with Gasteiger partial charge in [-0.25, -0.2) is 9.37 Å². The average Bonchev–Trinajstić information content (AvgIpc) is 3.09. The van der Waals surface area contributed by atoms with E-state index in [4.69, 9.17) is 0 Å². The molecule has 3 aromatic rings. The maximum Gasteiger partial charge on any atom is 0.248 e. The van der Waals surface area contributed by atoms with E-state index in [2.05, 4.69) is 15.3 Å². The number of amides is 1. The fourth-order valence-corrected chi connectivity index (χ4v) is 2.24. The van der Waals surface area contributed by atoms with Crippen LogP contribution in [0.25, 0.3) is 6.08 Å². The minimum atomic E-state index is -0.334. The van der Waals surface area contributed by atoms with Crippen LogP contribution in [0.1, 0.15) is 16.8 Å². The number of H-pyrrole nitrogens is 1. The number of nitrogens with one attached hydrogen (secondary N) is 2. The molecule has 0 radical (unpaired) electrons. The molecule has 0 saturated heterocycles. The Morgan fingerprint density at radius 2 is 1.88 bits per heavy atom. The van der Waals surface area contributed by atoms with Gasteiger partial charge in [0.25, 0.3) is 0 Å². The lowest BCUT2D eigenvalue weighted by molar-refractivity contribution is -0.111. The summed E-state index contributed by atoms with van der Waals surface area (Å²) in [6.45, 7) is 0. The topological polar surface area (TPSA) is 57.8 Å². The summed E-state index contributed by atoms with van der Waals surface area (Å²) in [4.78, 5) is 18.9. The number of carbonyl (C=O) groups is 1. The number of halogens is 1. The summed E-state index contributed by atoms with van der Waals surface area (Å²) in [5.74, 6) is -0.595. The van der Waals surface area contributed by atoms with Crippen LogP contribution in [0.5, 0.6) is 0 Å². The zero-order valence-corrected chi connectivity index (χ0v) is 12.9. The van der Waals surface area contributed by atoms with E-state index in [-0.39, 0.29) is 11.7 Å². The van der Waals surface area contributed by atoms with Crippen LogP contribution in [0.15, 0.2) is 67.1 Å². The molecule has 4 nitrogen and oxygen atoms in total. The van der Waals surface area contributed by atoms with Crippen molar-refractivity contribution in [2.75, 3.05) is 5.32 Å². The van der Waals surface area contributed by atoms with Gasteiger partial charge >= 0.3 is 0 Å². The predicted octanol–water partition coefficient (Wildman–Crippen LogP) is 3.79. The molecule has 0 saturated carbocycles. The molecule has 5 heteroatoms. The highest BCUT2D eigenvalue weighted by Gasteiger charge is 1.99. The van der Waals surface area contributed by atoms with Crippen molar-refractivity contribution in [3.63, 3.8) is 0 Å². The molecule has 0 aliphatic heterocycles. The van der Waals surface area contributed by atoms with Crippen LogP contribution in [-0.4, -0.2) is 15.9 Å². The lowest BCUT2D eigenvalue weighted by Gasteiger charge is -2.02. The highest BCUT2D eigenvalue weighted by Crippen LogP contribution is 2.11. The normalized spacial score (nSPS) is 10.9. The molecule has 120 valence electrons. The van der Waals surface area contributed by atoms with Gasteiger partial charge in [0.15, 0.2) is 0 Å². The molecule has 3 rings (SSSR count). The summed E-state index contributed by atoms with van der Waals surface area (Å²) in [5, 5.41) is 2.68. The van der Waals surface area contributed by atoms with Crippen molar-refractivity contribution >= 4 is 17.7 Å². The summed E-state index contributed by atoms with van der Waals surface area (Å²) < 4.78 is 12.8. The molecule has 24 heavy (non-hydrogen) atoms. The largest absolute Gasteiger partial charge is 0.348 e. The number of aromatic amines is 1. The Kier molecular flexibility index (Phi) is 4.81. The number of imidazole rings is 1. The molecule has 0 atom stereocenters. The third-order valence-corrected chi connectivity index (χ3v) is 3.47. The molecular weight excluding hydrogens is 305 g/mol. The second-order valence-corrected chi connectivity index (χ2v) is 5.32. The first-order chi connectivity index (χ1) is 11.7. The second kappa shape index (κ2) is 7.37. The van der Waals surface area contributed by atoms with E-state index in [0.717, 1.165) is 23.2 Å². The van der Waals surface area contributed by atoms with E-state index in [1.807, 2.05) is 24.3 Å². The molecule has 1 heterocycles. The number of hydrogen-bond donors (Lipinski definition) is 2. The number of anilines is 1. The summed E-state index contributed by atoms with van der Waals surface area (Å²) >= 11 is 0. The zero-order chi connectivity index (χ0) is 16.8. The lowest BCUT2D eigenvalue weighted by Crippen LogP contribution is -2.07. The molecule has 0 bridgehead atoms. The van der Waals surface area contributed by atoms with E-state index in [0.29, 0.717) is 5.69 Å². The Balaban J connectivity index is 1.57. The summed E-state index contributed by atoms with van der Waals surface area (Å²) in [5.41, 5.74) is 3.70. The fourth-order valence-electron chi connectivity index (χ4n) is 2.24. The van der Waals surface area contributed by atoms with Gasteiger partial charge in [-0.05, 0) is 41.5 Å². The van der Waals surface area contributed by atoms with Gasteiger partial charge < -0.3 is 10.3 Å². The molecule has 1 aromatic heterocycles. The molecule has 1 amide bonds. The van der Waals surface area contributed by atoms with Crippen LogP contribution in [0.3, 0.4) is 0 Å². The highest BCUT2D eigenvalue weighted by molar-refractivity contribution is 6.01. The van der Waals surface area contributed by atoms with Gasteiger partial charge in [0, 0.05) is 30.1 Å². The van der Waals surface area contributed by atoms with Crippen molar-refractivity contribution in [1.29, 1.82) is 0 Å². The van der Waals surface area contributed by atoms with Crippen LogP contribution in [0.2, 0.25) is 0 Å². The predicted molar refractivity (Wildman–Crippen MR) is 91.9 cm³/mol. The van der Waals surface area contributed by atoms with Gasteiger partial charge in [0.1, 0.15) is 5.82 Å². The number of rotatable bonds is 5. The average molecular weight is 321 g/mol. The molecular formula is C19H16FN3O. The van der Waals surface area contributed by atoms with Crippen molar-refractivity contribution in [2.24, 2.45) is 0 Å². The van der Waals surface area contributed by atoms with Crippen molar-refractivity contribution in [3.05, 3.63) is 89.8 Å². The number of carbonyl (C=O) groups excluding carboxylic acids is 1. The molecule has 0 unspecified atom stereocenters. The third-order valence-electron chi connectivity index (χ3n) is 3.47. The Morgan fingerprint density at radius 1 is 1.12 bits per heavy atom. The first-order valence-electron chi connectivity index (χ1n) is 7.50. The molecule has 0 aliphatic rings. The van der Waals surface area contributed by atoms with Gasteiger partial charge in [-0.15, -0.1) is 0 Å². The Bertz CT molecular complexity index is 822. The van der Waals surface area contributed by atoms with E-state index in [1.54, 1.807) is 18.6 Å². The monoisotopic (exact) mass is 321 g/mol. The van der Waals surface area contributed by atoms with E-state index in [9.17, 15) is 9.18 Å². The lowest BCUT2D eigenvalue weighted by atomic mass is 10.1. The molecule has 0 aliphatic carbocycles. The SMILES string of the molecule is O=C(/C=C/c1ccc(Cc2cnc[nH]2)cc1)Nc1ccc(F)cc1. The second-order valence-electron chi connectivity index (χ2n) is 5.32. The summed E-state index contributed by atoms with van der Waals surface area (Å²) in [7, 11) is 0. The smallest absolute Gasteiger partial charge is 0.248 e. The first kappa shape index (κ1) is 15.7. The van der Waals surface area contributed by atoms with Crippen LogP contribution in [-0.2, 0) is 11.2 Å². The van der Waals surface area contributed by atoms with E-state index < -0.39 is 0 Å².